The van der Waals surface area contributed by atoms with Gasteiger partial charge in [-0.25, -0.2) is 8.42 Å². The van der Waals surface area contributed by atoms with E-state index in [9.17, 15) is 8.42 Å². The molecule has 16 heavy (non-hydrogen) atoms. The summed E-state index contributed by atoms with van der Waals surface area (Å²) in [5.41, 5.74) is 0.344. The molecule has 0 radical (unpaired) electrons. The highest BCUT2D eigenvalue weighted by atomic mass is 35.7. The fraction of sp³-hybridized carbons (Fsp3) is 1.00. The Morgan fingerprint density at radius 1 is 1.00 bits per heavy atom. The van der Waals surface area contributed by atoms with Gasteiger partial charge in [0.25, 0.3) is 0 Å². The third kappa shape index (κ3) is 2.13. The molecule has 0 spiro atoms. The fourth-order valence-electron chi connectivity index (χ4n) is 4.93. The molecule has 0 N–H and O–H groups in total. The summed E-state index contributed by atoms with van der Waals surface area (Å²) in [4.78, 5) is 0. The number of hydrogen-bond donors (Lipinski definition) is 0. The molecule has 2 nitrogen and oxygen atoms in total. The summed E-state index contributed by atoms with van der Waals surface area (Å²) in [5.74, 6) is 2.86. The molecule has 4 aliphatic rings. The molecule has 0 aromatic heterocycles. The quantitative estimate of drug-likeness (QED) is 0.732. The van der Waals surface area contributed by atoms with Gasteiger partial charge in [-0.1, -0.05) is 0 Å². The van der Waals surface area contributed by atoms with E-state index in [2.05, 4.69) is 0 Å². The Kier molecular flexibility index (Phi) is 2.56. The minimum Gasteiger partial charge on any atom is -0.212 e. The lowest BCUT2D eigenvalue weighted by Gasteiger charge is -2.57. The number of halogens is 1. The van der Waals surface area contributed by atoms with Gasteiger partial charge in [0.2, 0.25) is 9.05 Å². The number of hydrogen-bond acceptors (Lipinski definition) is 2. The highest BCUT2D eigenvalue weighted by Crippen LogP contribution is 2.61. The molecule has 0 unspecified atom stereocenters. The van der Waals surface area contributed by atoms with Crippen molar-refractivity contribution in [3.05, 3.63) is 0 Å². The second-order valence-electron chi connectivity index (χ2n) is 6.41. The molecule has 0 aromatic carbocycles. The zero-order valence-corrected chi connectivity index (χ0v) is 11.1. The first-order chi connectivity index (χ1) is 7.44. The Labute approximate surface area is 102 Å². The third-order valence-electron chi connectivity index (χ3n) is 5.04. The van der Waals surface area contributed by atoms with E-state index in [1.807, 2.05) is 0 Å². The third-order valence-corrected chi connectivity index (χ3v) is 6.20. The van der Waals surface area contributed by atoms with Crippen LogP contribution in [0.3, 0.4) is 0 Å². The molecule has 4 bridgehead atoms. The Hall–Kier alpha value is 0.240. The Morgan fingerprint density at radius 2 is 1.44 bits per heavy atom. The summed E-state index contributed by atoms with van der Waals surface area (Å²) in [6.07, 6.45) is 8.84. The Bertz CT molecular complexity index is 353. The van der Waals surface area contributed by atoms with Crippen molar-refractivity contribution in [3.63, 3.8) is 0 Å². The SMILES string of the molecule is O=S(=O)(Cl)CCC12CC3CC(CC(C3)C1)C2. The lowest BCUT2D eigenvalue weighted by atomic mass is 9.49. The molecule has 0 amide bonds. The minimum atomic E-state index is -3.30. The molecule has 4 aliphatic carbocycles. The van der Waals surface area contributed by atoms with Crippen molar-refractivity contribution in [2.75, 3.05) is 5.75 Å². The summed E-state index contributed by atoms with van der Waals surface area (Å²) in [6, 6.07) is 0. The van der Waals surface area contributed by atoms with Crippen LogP contribution in [0.25, 0.3) is 0 Å². The second-order valence-corrected chi connectivity index (χ2v) is 9.31. The molecule has 92 valence electrons. The van der Waals surface area contributed by atoms with E-state index in [0.29, 0.717) is 5.41 Å². The van der Waals surface area contributed by atoms with Crippen LogP contribution in [0.2, 0.25) is 0 Å². The smallest absolute Gasteiger partial charge is 0.212 e. The predicted octanol–water partition coefficient (Wildman–Crippen LogP) is 3.16. The van der Waals surface area contributed by atoms with Crippen LogP contribution in [0.4, 0.5) is 0 Å². The van der Waals surface area contributed by atoms with E-state index in [0.717, 1.165) is 24.2 Å². The Balaban J connectivity index is 1.74. The van der Waals surface area contributed by atoms with E-state index in [1.165, 1.54) is 38.5 Å². The van der Waals surface area contributed by atoms with Crippen LogP contribution < -0.4 is 0 Å². The highest BCUT2D eigenvalue weighted by Gasteiger charge is 2.50. The molecular formula is C12H19ClO2S. The summed E-state index contributed by atoms with van der Waals surface area (Å²) >= 11 is 0. The Morgan fingerprint density at radius 3 is 1.81 bits per heavy atom. The molecule has 0 heterocycles. The minimum absolute atomic E-state index is 0.181. The van der Waals surface area contributed by atoms with Gasteiger partial charge in [-0.05, 0) is 68.1 Å². The van der Waals surface area contributed by atoms with Crippen LogP contribution in [-0.2, 0) is 9.05 Å². The topological polar surface area (TPSA) is 34.1 Å². The van der Waals surface area contributed by atoms with Gasteiger partial charge in [0.1, 0.15) is 0 Å². The van der Waals surface area contributed by atoms with Gasteiger partial charge in [0.15, 0.2) is 0 Å². The summed E-state index contributed by atoms with van der Waals surface area (Å²) in [5, 5.41) is 0. The number of rotatable bonds is 3. The van der Waals surface area contributed by atoms with Crippen molar-refractivity contribution in [3.8, 4) is 0 Å². The molecule has 0 atom stereocenters. The summed E-state index contributed by atoms with van der Waals surface area (Å²) in [6.45, 7) is 0. The van der Waals surface area contributed by atoms with E-state index in [4.69, 9.17) is 10.7 Å². The first-order valence-electron chi connectivity index (χ1n) is 6.36. The van der Waals surface area contributed by atoms with Crippen LogP contribution in [0.1, 0.15) is 44.9 Å². The van der Waals surface area contributed by atoms with Crippen molar-refractivity contribution in [1.29, 1.82) is 0 Å². The molecular weight excluding hydrogens is 244 g/mol. The lowest BCUT2D eigenvalue weighted by Crippen LogP contribution is -2.46. The van der Waals surface area contributed by atoms with E-state index in [1.54, 1.807) is 0 Å². The molecule has 0 saturated heterocycles. The van der Waals surface area contributed by atoms with E-state index in [-0.39, 0.29) is 5.75 Å². The summed E-state index contributed by atoms with van der Waals surface area (Å²) < 4.78 is 22.2. The average molecular weight is 263 g/mol. The first-order valence-corrected chi connectivity index (χ1v) is 8.84. The predicted molar refractivity (Wildman–Crippen MR) is 64.9 cm³/mol. The molecule has 4 heteroatoms. The molecule has 4 fully saturated rings. The van der Waals surface area contributed by atoms with E-state index >= 15 is 0 Å². The van der Waals surface area contributed by atoms with Crippen LogP contribution in [-0.4, -0.2) is 14.2 Å². The average Bonchev–Trinajstić information content (AvgIpc) is 2.11. The van der Waals surface area contributed by atoms with Crippen LogP contribution in [0.5, 0.6) is 0 Å². The standard InChI is InChI=1S/C12H19ClO2S/c13-16(14,15)2-1-12-6-9-3-10(7-12)5-11(4-9)8-12/h9-11H,1-8H2. The maximum atomic E-state index is 11.1. The monoisotopic (exact) mass is 262 g/mol. The van der Waals surface area contributed by atoms with Gasteiger partial charge >= 0.3 is 0 Å². The van der Waals surface area contributed by atoms with E-state index < -0.39 is 9.05 Å². The van der Waals surface area contributed by atoms with Gasteiger partial charge in [-0.15, -0.1) is 0 Å². The van der Waals surface area contributed by atoms with Gasteiger partial charge in [-0.3, -0.25) is 0 Å². The maximum absolute atomic E-state index is 11.1. The van der Waals surface area contributed by atoms with Crippen LogP contribution >= 0.6 is 10.7 Å². The molecule has 0 aromatic rings. The normalized spacial score (nSPS) is 46.2. The van der Waals surface area contributed by atoms with Crippen LogP contribution in [0, 0.1) is 23.2 Å². The summed E-state index contributed by atoms with van der Waals surface area (Å²) in [7, 11) is 2.05. The zero-order chi connectivity index (χ0) is 11.4. The van der Waals surface area contributed by atoms with Crippen molar-refractivity contribution >= 4 is 19.7 Å². The van der Waals surface area contributed by atoms with Crippen molar-refractivity contribution in [2.24, 2.45) is 23.2 Å². The van der Waals surface area contributed by atoms with Crippen molar-refractivity contribution in [1.82, 2.24) is 0 Å². The van der Waals surface area contributed by atoms with Crippen molar-refractivity contribution in [2.45, 2.75) is 44.9 Å². The van der Waals surface area contributed by atoms with Gasteiger partial charge in [0, 0.05) is 10.7 Å². The molecule has 0 aliphatic heterocycles. The lowest BCUT2D eigenvalue weighted by molar-refractivity contribution is -0.0540. The first kappa shape index (κ1) is 11.3. The van der Waals surface area contributed by atoms with Gasteiger partial charge < -0.3 is 0 Å². The zero-order valence-electron chi connectivity index (χ0n) is 9.49. The molecule has 4 saturated carbocycles. The largest absolute Gasteiger partial charge is 0.232 e. The maximum Gasteiger partial charge on any atom is 0.232 e. The molecule has 4 rings (SSSR count). The van der Waals surface area contributed by atoms with Gasteiger partial charge in [-0.2, -0.15) is 0 Å². The highest BCUT2D eigenvalue weighted by molar-refractivity contribution is 8.13. The van der Waals surface area contributed by atoms with Gasteiger partial charge in [0.05, 0.1) is 5.75 Å². The second kappa shape index (κ2) is 3.61. The van der Waals surface area contributed by atoms with Crippen molar-refractivity contribution < 1.29 is 8.42 Å². The van der Waals surface area contributed by atoms with Crippen LogP contribution in [0.15, 0.2) is 0 Å². The fourth-order valence-corrected chi connectivity index (χ4v) is 5.84.